The van der Waals surface area contributed by atoms with Gasteiger partial charge in [0.25, 0.3) is 0 Å². The van der Waals surface area contributed by atoms with Crippen LogP contribution in [0.2, 0.25) is 0 Å². The highest BCUT2D eigenvalue weighted by Gasteiger charge is 2.55. The maximum atomic E-state index is 3.77. The van der Waals surface area contributed by atoms with Gasteiger partial charge in [-0.25, -0.2) is 0 Å². The number of rotatable bonds is 2. The molecule has 3 atom stereocenters. The molecule has 2 saturated heterocycles. The van der Waals surface area contributed by atoms with E-state index in [2.05, 4.69) is 34.4 Å². The molecule has 0 radical (unpaired) electrons. The first-order chi connectivity index (χ1) is 8.18. The van der Waals surface area contributed by atoms with Crippen LogP contribution in [0.15, 0.2) is 0 Å². The lowest BCUT2D eigenvalue weighted by Gasteiger charge is -2.35. The van der Waals surface area contributed by atoms with Gasteiger partial charge in [0.05, 0.1) is 0 Å². The Balaban J connectivity index is 1.51. The molecule has 1 aliphatic carbocycles. The summed E-state index contributed by atoms with van der Waals surface area (Å²) in [6.07, 6.45) is 1.38. The first kappa shape index (κ1) is 11.9. The summed E-state index contributed by atoms with van der Waals surface area (Å²) in [4.78, 5) is 5.13. The molecule has 2 N–H and O–H groups in total. The van der Waals surface area contributed by atoms with Gasteiger partial charge in [-0.2, -0.15) is 0 Å². The Morgan fingerprint density at radius 2 is 2.18 bits per heavy atom. The minimum absolute atomic E-state index is 0.473. The lowest BCUT2D eigenvalue weighted by atomic mass is 10.1. The van der Waals surface area contributed by atoms with Crippen LogP contribution in [0.3, 0.4) is 0 Å². The third-order valence-corrected chi connectivity index (χ3v) is 4.69. The molecule has 4 nitrogen and oxygen atoms in total. The van der Waals surface area contributed by atoms with E-state index in [0.717, 1.165) is 12.5 Å². The van der Waals surface area contributed by atoms with Gasteiger partial charge in [-0.15, -0.1) is 0 Å². The van der Waals surface area contributed by atoms with Crippen molar-refractivity contribution >= 4 is 0 Å². The Kier molecular flexibility index (Phi) is 3.15. The SMILES string of the molecule is CC1CN(CC2CC23CN(C)CCN3)CCN1. The molecule has 0 amide bonds. The molecule has 4 heteroatoms. The molecule has 3 unspecified atom stereocenters. The lowest BCUT2D eigenvalue weighted by molar-refractivity contribution is 0.172. The van der Waals surface area contributed by atoms with Crippen LogP contribution in [0.25, 0.3) is 0 Å². The summed E-state index contributed by atoms with van der Waals surface area (Å²) in [5.41, 5.74) is 0.473. The number of piperazine rings is 2. The zero-order chi connectivity index (χ0) is 11.9. The molecule has 98 valence electrons. The van der Waals surface area contributed by atoms with E-state index in [-0.39, 0.29) is 0 Å². The quantitative estimate of drug-likeness (QED) is 0.684. The van der Waals surface area contributed by atoms with Crippen molar-refractivity contribution in [2.75, 3.05) is 52.9 Å². The Labute approximate surface area is 105 Å². The van der Waals surface area contributed by atoms with Crippen molar-refractivity contribution in [3.8, 4) is 0 Å². The Morgan fingerprint density at radius 1 is 1.29 bits per heavy atom. The summed E-state index contributed by atoms with van der Waals surface area (Å²) < 4.78 is 0. The second-order valence-corrected chi connectivity index (χ2v) is 6.34. The van der Waals surface area contributed by atoms with Gasteiger partial charge in [-0.05, 0) is 26.3 Å². The minimum Gasteiger partial charge on any atom is -0.312 e. The Hall–Kier alpha value is -0.160. The minimum atomic E-state index is 0.473. The molecule has 2 heterocycles. The molecule has 0 bridgehead atoms. The van der Waals surface area contributed by atoms with Gasteiger partial charge in [0.2, 0.25) is 0 Å². The molecule has 1 spiro atoms. The number of nitrogens with one attached hydrogen (secondary N) is 2. The number of nitrogens with zero attached hydrogens (tertiary/aromatic N) is 2. The van der Waals surface area contributed by atoms with Gasteiger partial charge >= 0.3 is 0 Å². The molecule has 3 rings (SSSR count). The summed E-state index contributed by atoms with van der Waals surface area (Å²) in [6.45, 7) is 10.8. The molecule has 0 aromatic carbocycles. The normalized spacial score (nSPS) is 44.1. The molecule has 17 heavy (non-hydrogen) atoms. The monoisotopic (exact) mass is 238 g/mol. The first-order valence-electron chi connectivity index (χ1n) is 7.07. The molecule has 3 fully saturated rings. The van der Waals surface area contributed by atoms with Crippen LogP contribution >= 0.6 is 0 Å². The Bertz CT molecular complexity index is 283. The molecule has 0 aromatic rings. The summed E-state index contributed by atoms with van der Waals surface area (Å²) in [7, 11) is 2.25. The van der Waals surface area contributed by atoms with Crippen LogP contribution < -0.4 is 10.6 Å². The van der Waals surface area contributed by atoms with Crippen LogP contribution in [-0.4, -0.2) is 74.2 Å². The van der Waals surface area contributed by atoms with Crippen molar-refractivity contribution in [2.45, 2.75) is 24.9 Å². The molecule has 3 aliphatic rings. The van der Waals surface area contributed by atoms with Gasteiger partial charge in [-0.3, -0.25) is 0 Å². The van der Waals surface area contributed by atoms with Gasteiger partial charge in [0, 0.05) is 57.4 Å². The Morgan fingerprint density at radius 3 is 2.94 bits per heavy atom. The van der Waals surface area contributed by atoms with Gasteiger partial charge in [0.15, 0.2) is 0 Å². The van der Waals surface area contributed by atoms with E-state index in [9.17, 15) is 0 Å². The van der Waals surface area contributed by atoms with Crippen molar-refractivity contribution in [3.05, 3.63) is 0 Å². The molecule has 2 aliphatic heterocycles. The van der Waals surface area contributed by atoms with Gasteiger partial charge < -0.3 is 20.4 Å². The van der Waals surface area contributed by atoms with Crippen LogP contribution in [0.1, 0.15) is 13.3 Å². The molecular formula is C13H26N4. The summed E-state index contributed by atoms with van der Waals surface area (Å²) in [6, 6.07) is 0.667. The van der Waals surface area contributed by atoms with Crippen molar-refractivity contribution in [1.29, 1.82) is 0 Å². The van der Waals surface area contributed by atoms with E-state index in [0.29, 0.717) is 11.6 Å². The topological polar surface area (TPSA) is 30.5 Å². The standard InChI is InChI=1S/C13H26N4/c1-11-8-17(6-3-14-11)9-12-7-13(12)10-16(2)5-4-15-13/h11-12,14-15H,3-10H2,1-2H3. The zero-order valence-electron chi connectivity index (χ0n) is 11.2. The van der Waals surface area contributed by atoms with Gasteiger partial charge in [0.1, 0.15) is 0 Å². The summed E-state index contributed by atoms with van der Waals surface area (Å²) in [5, 5.41) is 7.28. The molecule has 0 aromatic heterocycles. The largest absolute Gasteiger partial charge is 0.312 e. The lowest BCUT2D eigenvalue weighted by Crippen LogP contribution is -2.54. The van der Waals surface area contributed by atoms with Crippen molar-refractivity contribution in [1.82, 2.24) is 20.4 Å². The van der Waals surface area contributed by atoms with E-state index in [1.807, 2.05) is 0 Å². The summed E-state index contributed by atoms with van der Waals surface area (Å²) in [5.74, 6) is 0.885. The van der Waals surface area contributed by atoms with Crippen LogP contribution in [-0.2, 0) is 0 Å². The highest BCUT2D eigenvalue weighted by Crippen LogP contribution is 2.45. The van der Waals surface area contributed by atoms with E-state index in [1.54, 1.807) is 0 Å². The van der Waals surface area contributed by atoms with E-state index in [1.165, 1.54) is 45.7 Å². The fourth-order valence-electron chi connectivity index (χ4n) is 3.63. The third-order valence-electron chi connectivity index (χ3n) is 4.69. The van der Waals surface area contributed by atoms with Crippen LogP contribution in [0.4, 0.5) is 0 Å². The maximum Gasteiger partial charge on any atom is 0.0354 e. The summed E-state index contributed by atoms with van der Waals surface area (Å²) >= 11 is 0. The maximum absolute atomic E-state index is 3.77. The van der Waals surface area contributed by atoms with Crippen molar-refractivity contribution in [2.24, 2.45) is 5.92 Å². The number of hydrogen-bond donors (Lipinski definition) is 2. The number of likely N-dealkylation sites (N-methyl/N-ethyl adjacent to an activating group) is 1. The highest BCUT2D eigenvalue weighted by molar-refractivity contribution is 5.14. The van der Waals surface area contributed by atoms with Crippen LogP contribution in [0, 0.1) is 5.92 Å². The predicted octanol–water partition coefficient (Wildman–Crippen LogP) is -0.426. The highest BCUT2D eigenvalue weighted by atomic mass is 15.3. The predicted molar refractivity (Wildman–Crippen MR) is 70.2 cm³/mol. The molecular weight excluding hydrogens is 212 g/mol. The van der Waals surface area contributed by atoms with E-state index in [4.69, 9.17) is 0 Å². The number of hydrogen-bond acceptors (Lipinski definition) is 4. The fraction of sp³-hybridized carbons (Fsp3) is 1.00. The fourth-order valence-corrected chi connectivity index (χ4v) is 3.63. The van der Waals surface area contributed by atoms with Gasteiger partial charge in [-0.1, -0.05) is 0 Å². The molecule has 1 saturated carbocycles. The average molecular weight is 238 g/mol. The zero-order valence-corrected chi connectivity index (χ0v) is 11.2. The third kappa shape index (κ3) is 2.50. The second kappa shape index (κ2) is 4.50. The van der Waals surface area contributed by atoms with E-state index < -0.39 is 0 Å². The average Bonchev–Trinajstić information content (AvgIpc) is 2.89. The van der Waals surface area contributed by atoms with Crippen LogP contribution in [0.5, 0.6) is 0 Å². The first-order valence-corrected chi connectivity index (χ1v) is 7.07. The van der Waals surface area contributed by atoms with Crippen molar-refractivity contribution in [3.63, 3.8) is 0 Å². The van der Waals surface area contributed by atoms with E-state index >= 15 is 0 Å². The smallest absolute Gasteiger partial charge is 0.0354 e. The van der Waals surface area contributed by atoms with Crippen molar-refractivity contribution < 1.29 is 0 Å². The second-order valence-electron chi connectivity index (χ2n) is 6.34.